The summed E-state index contributed by atoms with van der Waals surface area (Å²) in [5, 5.41) is 4.88. The third-order valence-corrected chi connectivity index (χ3v) is 2.75. The Bertz CT molecular complexity index is 297. The fraction of sp³-hybridized carbons (Fsp3) is 0.700. The first-order valence-electron chi connectivity index (χ1n) is 5.30. The number of nitrogens with two attached hydrogens (primary N) is 1. The Labute approximate surface area is 106 Å². The monoisotopic (exact) mass is 261 g/mol. The fourth-order valence-electron chi connectivity index (χ4n) is 0.996. The average Bonchev–Trinajstić information content (AvgIpc) is 2.31. The van der Waals surface area contributed by atoms with Gasteiger partial charge < -0.3 is 16.4 Å². The van der Waals surface area contributed by atoms with E-state index in [-0.39, 0.29) is 30.7 Å². The number of carbonyl (C=O) groups is 3. The van der Waals surface area contributed by atoms with E-state index in [4.69, 9.17) is 5.73 Å². The molecule has 0 saturated carbocycles. The second-order valence-corrected chi connectivity index (χ2v) is 4.13. The molecule has 0 aliphatic carbocycles. The van der Waals surface area contributed by atoms with Gasteiger partial charge in [0.2, 0.25) is 11.8 Å². The Morgan fingerprint density at radius 2 is 1.94 bits per heavy atom. The fourth-order valence-corrected chi connectivity index (χ4v) is 1.16. The molecule has 0 fully saturated rings. The first kappa shape index (κ1) is 15.9. The van der Waals surface area contributed by atoms with Crippen molar-refractivity contribution >= 4 is 30.2 Å². The molecule has 4 N–H and O–H groups in total. The second kappa shape index (κ2) is 8.08. The van der Waals surface area contributed by atoms with Crippen LogP contribution in [-0.2, 0) is 14.4 Å². The highest BCUT2D eigenvalue weighted by molar-refractivity contribution is 7.80. The number of amides is 2. The standard InChI is InChI=1S/C10H19N3O3S/c1-6(5-17)10(16)12-4-9(15)13-8(3-11)7(2)14/h6,8,17H,3-5,11H2,1-2H3,(H,12,16)(H,13,15). The van der Waals surface area contributed by atoms with Crippen molar-refractivity contribution in [1.82, 2.24) is 10.6 Å². The van der Waals surface area contributed by atoms with Crippen molar-refractivity contribution in [2.45, 2.75) is 19.9 Å². The molecular weight excluding hydrogens is 242 g/mol. The Morgan fingerprint density at radius 1 is 1.35 bits per heavy atom. The molecule has 0 aromatic rings. The van der Waals surface area contributed by atoms with Gasteiger partial charge in [0, 0.05) is 18.2 Å². The molecular formula is C10H19N3O3S. The van der Waals surface area contributed by atoms with Gasteiger partial charge in [0.25, 0.3) is 0 Å². The zero-order chi connectivity index (χ0) is 13.4. The van der Waals surface area contributed by atoms with Crippen LogP contribution in [0.15, 0.2) is 0 Å². The van der Waals surface area contributed by atoms with Gasteiger partial charge in [0.05, 0.1) is 12.6 Å². The molecule has 17 heavy (non-hydrogen) atoms. The van der Waals surface area contributed by atoms with Gasteiger partial charge in [0.15, 0.2) is 5.78 Å². The minimum atomic E-state index is -0.693. The highest BCUT2D eigenvalue weighted by Gasteiger charge is 2.16. The maximum atomic E-state index is 11.4. The number of thiol groups is 1. The molecule has 0 aromatic heterocycles. The van der Waals surface area contributed by atoms with E-state index in [1.54, 1.807) is 6.92 Å². The molecule has 0 bridgehead atoms. The van der Waals surface area contributed by atoms with E-state index in [1.807, 2.05) is 0 Å². The molecule has 0 saturated heterocycles. The van der Waals surface area contributed by atoms with Crippen molar-refractivity contribution in [2.24, 2.45) is 11.7 Å². The van der Waals surface area contributed by atoms with Crippen molar-refractivity contribution in [1.29, 1.82) is 0 Å². The van der Waals surface area contributed by atoms with Crippen LogP contribution >= 0.6 is 12.6 Å². The van der Waals surface area contributed by atoms with Gasteiger partial charge in [0.1, 0.15) is 0 Å². The van der Waals surface area contributed by atoms with Gasteiger partial charge in [-0.1, -0.05) is 6.92 Å². The largest absolute Gasteiger partial charge is 0.347 e. The lowest BCUT2D eigenvalue weighted by Crippen LogP contribution is -2.48. The number of ketones is 1. The van der Waals surface area contributed by atoms with Crippen LogP contribution in [-0.4, -0.2) is 42.5 Å². The number of hydrogen-bond donors (Lipinski definition) is 4. The van der Waals surface area contributed by atoms with Crippen molar-refractivity contribution < 1.29 is 14.4 Å². The topological polar surface area (TPSA) is 101 Å². The quantitative estimate of drug-likeness (QED) is 0.428. The molecule has 2 unspecified atom stereocenters. The molecule has 0 aliphatic rings. The summed E-state index contributed by atoms with van der Waals surface area (Å²) in [7, 11) is 0. The maximum absolute atomic E-state index is 11.4. The van der Waals surface area contributed by atoms with E-state index in [9.17, 15) is 14.4 Å². The lowest BCUT2D eigenvalue weighted by Gasteiger charge is -2.14. The summed E-state index contributed by atoms with van der Waals surface area (Å²) in [6.45, 7) is 2.93. The van der Waals surface area contributed by atoms with E-state index in [0.29, 0.717) is 5.75 Å². The Kier molecular flexibility index (Phi) is 7.56. The normalized spacial score (nSPS) is 13.6. The molecule has 0 aliphatic heterocycles. The van der Waals surface area contributed by atoms with Gasteiger partial charge >= 0.3 is 0 Å². The van der Waals surface area contributed by atoms with Crippen LogP contribution in [0.5, 0.6) is 0 Å². The van der Waals surface area contributed by atoms with E-state index >= 15 is 0 Å². The number of nitrogens with one attached hydrogen (secondary N) is 2. The Balaban J connectivity index is 4.03. The molecule has 0 rings (SSSR count). The third kappa shape index (κ3) is 6.28. The average molecular weight is 261 g/mol. The van der Waals surface area contributed by atoms with Gasteiger partial charge in [-0.15, -0.1) is 0 Å². The minimum Gasteiger partial charge on any atom is -0.347 e. The summed E-state index contributed by atoms with van der Waals surface area (Å²) >= 11 is 3.97. The molecule has 0 radical (unpaired) electrons. The number of carbonyl (C=O) groups excluding carboxylic acids is 3. The first-order valence-corrected chi connectivity index (χ1v) is 5.94. The predicted molar refractivity (Wildman–Crippen MR) is 67.7 cm³/mol. The van der Waals surface area contributed by atoms with Crippen LogP contribution in [0.25, 0.3) is 0 Å². The number of hydrogen-bond acceptors (Lipinski definition) is 5. The summed E-state index contributed by atoms with van der Waals surface area (Å²) in [6, 6.07) is -0.693. The number of Topliss-reactive ketones (excluding diaryl/α,β-unsaturated/α-hetero) is 1. The van der Waals surface area contributed by atoms with E-state index < -0.39 is 11.9 Å². The molecule has 2 amide bonds. The Hall–Kier alpha value is -1.08. The molecule has 0 heterocycles. The molecule has 6 nitrogen and oxygen atoms in total. The predicted octanol–water partition coefficient (Wildman–Crippen LogP) is -1.30. The minimum absolute atomic E-state index is 0.0437. The van der Waals surface area contributed by atoms with Crippen LogP contribution in [0.4, 0.5) is 0 Å². The molecule has 0 spiro atoms. The van der Waals surface area contributed by atoms with E-state index in [2.05, 4.69) is 23.3 Å². The summed E-state index contributed by atoms with van der Waals surface area (Å²) in [6.07, 6.45) is 0. The Morgan fingerprint density at radius 3 is 2.35 bits per heavy atom. The van der Waals surface area contributed by atoms with E-state index in [0.717, 1.165) is 0 Å². The number of rotatable bonds is 7. The SMILES string of the molecule is CC(=O)C(CN)NC(=O)CNC(=O)C(C)CS. The zero-order valence-corrected chi connectivity index (χ0v) is 10.9. The first-order chi connectivity index (χ1) is 7.92. The van der Waals surface area contributed by atoms with E-state index in [1.165, 1.54) is 6.92 Å². The zero-order valence-electron chi connectivity index (χ0n) is 10.0. The van der Waals surface area contributed by atoms with Crippen molar-refractivity contribution in [3.8, 4) is 0 Å². The summed E-state index contributed by atoms with van der Waals surface area (Å²) in [5.41, 5.74) is 5.31. The molecule has 7 heteroatoms. The smallest absolute Gasteiger partial charge is 0.240 e. The van der Waals surface area contributed by atoms with Crippen LogP contribution < -0.4 is 16.4 Å². The lowest BCUT2D eigenvalue weighted by molar-refractivity contribution is -0.129. The molecule has 0 aromatic carbocycles. The van der Waals surface area contributed by atoms with Crippen LogP contribution in [0, 0.1) is 5.92 Å². The maximum Gasteiger partial charge on any atom is 0.240 e. The molecule has 2 atom stereocenters. The van der Waals surface area contributed by atoms with Gasteiger partial charge in [-0.3, -0.25) is 14.4 Å². The van der Waals surface area contributed by atoms with Crippen molar-refractivity contribution in [3.63, 3.8) is 0 Å². The highest BCUT2D eigenvalue weighted by atomic mass is 32.1. The summed E-state index contributed by atoms with van der Waals surface area (Å²) in [5.74, 6) is -0.746. The van der Waals surface area contributed by atoms with Crippen LogP contribution in [0.2, 0.25) is 0 Å². The van der Waals surface area contributed by atoms with Gasteiger partial charge in [-0.25, -0.2) is 0 Å². The van der Waals surface area contributed by atoms with Crippen molar-refractivity contribution in [2.75, 3.05) is 18.8 Å². The second-order valence-electron chi connectivity index (χ2n) is 3.77. The van der Waals surface area contributed by atoms with Gasteiger partial charge in [-0.05, 0) is 6.92 Å². The third-order valence-electron chi connectivity index (χ3n) is 2.21. The summed E-state index contributed by atoms with van der Waals surface area (Å²) in [4.78, 5) is 33.7. The van der Waals surface area contributed by atoms with Crippen LogP contribution in [0.1, 0.15) is 13.8 Å². The lowest BCUT2D eigenvalue weighted by atomic mass is 10.2. The summed E-state index contributed by atoms with van der Waals surface area (Å²) < 4.78 is 0. The van der Waals surface area contributed by atoms with Crippen LogP contribution in [0.3, 0.4) is 0 Å². The highest BCUT2D eigenvalue weighted by Crippen LogP contribution is 1.96. The van der Waals surface area contributed by atoms with Gasteiger partial charge in [-0.2, -0.15) is 12.6 Å². The van der Waals surface area contributed by atoms with Crippen molar-refractivity contribution in [3.05, 3.63) is 0 Å². The molecule has 98 valence electrons.